The quantitative estimate of drug-likeness (QED) is 0.707. The van der Waals surface area contributed by atoms with Gasteiger partial charge in [-0.2, -0.15) is 0 Å². The molecular formula is C10H13FN2. The second-order valence-corrected chi connectivity index (χ2v) is 3.47. The van der Waals surface area contributed by atoms with E-state index in [9.17, 15) is 4.39 Å². The Morgan fingerprint density at radius 2 is 2.31 bits per heavy atom. The van der Waals surface area contributed by atoms with Gasteiger partial charge in [-0.3, -0.25) is 0 Å². The molecule has 1 heterocycles. The van der Waals surface area contributed by atoms with Crippen LogP contribution in [0.25, 0.3) is 0 Å². The number of nitrogens with zero attached hydrogens (tertiary/aromatic N) is 1. The molecule has 70 valence electrons. The van der Waals surface area contributed by atoms with Gasteiger partial charge in [0.1, 0.15) is 5.82 Å². The Morgan fingerprint density at radius 3 is 2.92 bits per heavy atom. The van der Waals surface area contributed by atoms with Gasteiger partial charge in [-0.15, -0.1) is 0 Å². The van der Waals surface area contributed by atoms with Crippen molar-refractivity contribution in [1.82, 2.24) is 0 Å². The van der Waals surface area contributed by atoms with Gasteiger partial charge < -0.3 is 10.6 Å². The first-order valence-corrected chi connectivity index (χ1v) is 4.52. The van der Waals surface area contributed by atoms with Crippen molar-refractivity contribution in [2.75, 3.05) is 18.0 Å². The van der Waals surface area contributed by atoms with Gasteiger partial charge in [0.25, 0.3) is 0 Å². The minimum absolute atomic E-state index is 0.182. The molecule has 3 heteroatoms. The van der Waals surface area contributed by atoms with Crippen LogP contribution >= 0.6 is 0 Å². The third-order valence-electron chi connectivity index (χ3n) is 2.40. The molecule has 13 heavy (non-hydrogen) atoms. The van der Waals surface area contributed by atoms with Crippen LogP contribution in [-0.2, 0) is 0 Å². The Bertz CT molecular complexity index is 301. The third kappa shape index (κ3) is 1.80. The number of nitrogens with two attached hydrogens (primary N) is 1. The number of rotatable bonds is 1. The van der Waals surface area contributed by atoms with Gasteiger partial charge in [0.2, 0.25) is 0 Å². The van der Waals surface area contributed by atoms with E-state index in [1.165, 1.54) is 6.07 Å². The lowest BCUT2D eigenvalue weighted by Gasteiger charge is -2.17. The van der Waals surface area contributed by atoms with Crippen molar-refractivity contribution >= 4 is 5.69 Å². The van der Waals surface area contributed by atoms with Crippen molar-refractivity contribution in [3.05, 3.63) is 30.1 Å². The van der Waals surface area contributed by atoms with Crippen molar-refractivity contribution in [2.45, 2.75) is 12.5 Å². The molecular weight excluding hydrogens is 167 g/mol. The largest absolute Gasteiger partial charge is 0.370 e. The van der Waals surface area contributed by atoms with E-state index in [-0.39, 0.29) is 11.9 Å². The number of hydrogen-bond acceptors (Lipinski definition) is 2. The molecule has 1 aromatic rings. The lowest BCUT2D eigenvalue weighted by Crippen LogP contribution is -2.26. The summed E-state index contributed by atoms with van der Waals surface area (Å²) in [6.45, 7) is 1.77. The summed E-state index contributed by atoms with van der Waals surface area (Å²) in [4.78, 5) is 2.12. The van der Waals surface area contributed by atoms with Crippen LogP contribution in [0.5, 0.6) is 0 Å². The Hall–Kier alpha value is -1.09. The maximum absolute atomic E-state index is 12.9. The summed E-state index contributed by atoms with van der Waals surface area (Å²) in [6.07, 6.45) is 0.997. The molecule has 1 atom stereocenters. The van der Waals surface area contributed by atoms with Crippen LogP contribution in [0.2, 0.25) is 0 Å². The van der Waals surface area contributed by atoms with Crippen LogP contribution < -0.4 is 10.6 Å². The van der Waals surface area contributed by atoms with E-state index in [1.807, 2.05) is 6.07 Å². The summed E-state index contributed by atoms with van der Waals surface area (Å²) in [5.41, 5.74) is 6.70. The minimum atomic E-state index is -0.182. The molecule has 0 saturated carbocycles. The summed E-state index contributed by atoms with van der Waals surface area (Å²) >= 11 is 0. The first-order chi connectivity index (χ1) is 6.25. The topological polar surface area (TPSA) is 29.3 Å². The molecule has 0 radical (unpaired) electrons. The Labute approximate surface area is 77.2 Å². The predicted molar refractivity (Wildman–Crippen MR) is 51.2 cm³/mol. The zero-order valence-corrected chi connectivity index (χ0v) is 7.41. The van der Waals surface area contributed by atoms with Crippen molar-refractivity contribution < 1.29 is 4.39 Å². The van der Waals surface area contributed by atoms with E-state index in [0.29, 0.717) is 0 Å². The summed E-state index contributed by atoms with van der Waals surface area (Å²) in [7, 11) is 0. The summed E-state index contributed by atoms with van der Waals surface area (Å²) in [6, 6.07) is 6.90. The second kappa shape index (κ2) is 3.34. The number of benzene rings is 1. The number of halogens is 1. The van der Waals surface area contributed by atoms with Gasteiger partial charge in [-0.1, -0.05) is 6.07 Å². The fourth-order valence-corrected chi connectivity index (χ4v) is 1.69. The van der Waals surface area contributed by atoms with Gasteiger partial charge in [-0.05, 0) is 24.6 Å². The SMILES string of the molecule is N[C@@H]1CCN(c2cccc(F)c2)C1. The van der Waals surface area contributed by atoms with Crippen molar-refractivity contribution in [3.8, 4) is 0 Å². The van der Waals surface area contributed by atoms with Gasteiger partial charge >= 0.3 is 0 Å². The average Bonchev–Trinajstić information content (AvgIpc) is 2.52. The van der Waals surface area contributed by atoms with E-state index in [1.54, 1.807) is 12.1 Å². The van der Waals surface area contributed by atoms with Crippen LogP contribution in [0.15, 0.2) is 24.3 Å². The van der Waals surface area contributed by atoms with Crippen LogP contribution in [0.4, 0.5) is 10.1 Å². The molecule has 1 saturated heterocycles. The Balaban J connectivity index is 2.16. The molecule has 2 rings (SSSR count). The summed E-state index contributed by atoms with van der Waals surface area (Å²) in [5, 5.41) is 0. The average molecular weight is 180 g/mol. The van der Waals surface area contributed by atoms with E-state index >= 15 is 0 Å². The van der Waals surface area contributed by atoms with Crippen LogP contribution in [-0.4, -0.2) is 19.1 Å². The molecule has 1 aliphatic rings. The molecule has 2 nitrogen and oxygen atoms in total. The zero-order chi connectivity index (χ0) is 9.26. The Kier molecular flexibility index (Phi) is 2.19. The number of anilines is 1. The van der Waals surface area contributed by atoms with Crippen LogP contribution in [0.1, 0.15) is 6.42 Å². The molecule has 0 aromatic heterocycles. The van der Waals surface area contributed by atoms with Crippen LogP contribution in [0, 0.1) is 5.82 Å². The van der Waals surface area contributed by atoms with Gasteiger partial charge in [0.15, 0.2) is 0 Å². The van der Waals surface area contributed by atoms with Crippen molar-refractivity contribution in [2.24, 2.45) is 5.73 Å². The smallest absolute Gasteiger partial charge is 0.125 e. The molecule has 0 aliphatic carbocycles. The highest BCUT2D eigenvalue weighted by Gasteiger charge is 2.19. The fourth-order valence-electron chi connectivity index (χ4n) is 1.69. The highest BCUT2D eigenvalue weighted by atomic mass is 19.1. The monoisotopic (exact) mass is 180 g/mol. The fraction of sp³-hybridized carbons (Fsp3) is 0.400. The van der Waals surface area contributed by atoms with E-state index in [0.717, 1.165) is 25.2 Å². The molecule has 0 amide bonds. The second-order valence-electron chi connectivity index (χ2n) is 3.47. The van der Waals surface area contributed by atoms with Gasteiger partial charge in [0.05, 0.1) is 0 Å². The van der Waals surface area contributed by atoms with E-state index in [2.05, 4.69) is 4.90 Å². The molecule has 0 unspecified atom stereocenters. The zero-order valence-electron chi connectivity index (χ0n) is 7.41. The number of hydrogen-bond donors (Lipinski definition) is 1. The van der Waals surface area contributed by atoms with Gasteiger partial charge in [0, 0.05) is 24.8 Å². The first-order valence-electron chi connectivity index (χ1n) is 4.52. The minimum Gasteiger partial charge on any atom is -0.370 e. The Morgan fingerprint density at radius 1 is 1.46 bits per heavy atom. The molecule has 1 aromatic carbocycles. The van der Waals surface area contributed by atoms with Crippen molar-refractivity contribution in [1.29, 1.82) is 0 Å². The normalized spacial score (nSPS) is 22.3. The summed E-state index contributed by atoms with van der Waals surface area (Å²) < 4.78 is 12.9. The lowest BCUT2D eigenvalue weighted by molar-refractivity contribution is 0.627. The van der Waals surface area contributed by atoms with Gasteiger partial charge in [-0.25, -0.2) is 4.39 Å². The van der Waals surface area contributed by atoms with Crippen LogP contribution in [0.3, 0.4) is 0 Å². The molecule has 2 N–H and O–H groups in total. The lowest BCUT2D eigenvalue weighted by atomic mass is 10.3. The standard InChI is InChI=1S/C10H13FN2/c11-8-2-1-3-10(6-8)13-5-4-9(12)7-13/h1-3,6,9H,4-5,7,12H2/t9-/m1/s1. The highest BCUT2D eigenvalue weighted by molar-refractivity contribution is 5.47. The maximum atomic E-state index is 12.9. The molecule has 0 spiro atoms. The molecule has 0 bridgehead atoms. The first kappa shape index (κ1) is 8.51. The predicted octanol–water partition coefficient (Wildman–Crippen LogP) is 1.36. The molecule has 1 fully saturated rings. The van der Waals surface area contributed by atoms with E-state index in [4.69, 9.17) is 5.73 Å². The molecule has 1 aliphatic heterocycles. The van der Waals surface area contributed by atoms with Crippen molar-refractivity contribution in [3.63, 3.8) is 0 Å². The third-order valence-corrected chi connectivity index (χ3v) is 2.40. The van der Waals surface area contributed by atoms with E-state index < -0.39 is 0 Å². The maximum Gasteiger partial charge on any atom is 0.125 e. The summed E-state index contributed by atoms with van der Waals surface area (Å²) in [5.74, 6) is -0.182. The highest BCUT2D eigenvalue weighted by Crippen LogP contribution is 2.19.